The van der Waals surface area contributed by atoms with Crippen LogP contribution in [-0.2, 0) is 5.54 Å². The zero-order chi connectivity index (χ0) is 19.9. The molecule has 0 saturated carbocycles. The van der Waals surface area contributed by atoms with Crippen LogP contribution in [0.2, 0.25) is 0 Å². The molecule has 0 spiro atoms. The maximum atomic E-state index is 14.5. The Labute approximate surface area is 176 Å². The molecular formula is C20H19ClF2N4OS. The molecule has 1 amide bonds. The van der Waals surface area contributed by atoms with Gasteiger partial charge in [-0.05, 0) is 55.8 Å². The summed E-state index contributed by atoms with van der Waals surface area (Å²) in [6.45, 7) is 1.83. The number of fused-ring (bicyclic) bond motifs is 1. The van der Waals surface area contributed by atoms with Crippen molar-refractivity contribution in [2.24, 2.45) is 10.7 Å². The van der Waals surface area contributed by atoms with E-state index < -0.39 is 17.3 Å². The van der Waals surface area contributed by atoms with Crippen molar-refractivity contribution in [1.29, 1.82) is 0 Å². The molecule has 152 valence electrons. The maximum Gasteiger partial charge on any atom is 0.272 e. The highest BCUT2D eigenvalue weighted by molar-refractivity contribution is 8.13. The predicted molar refractivity (Wildman–Crippen MR) is 116 cm³/mol. The number of nitrogens with two attached hydrogens (primary N) is 1. The van der Waals surface area contributed by atoms with Gasteiger partial charge in [-0.15, -0.1) is 12.4 Å². The van der Waals surface area contributed by atoms with E-state index in [4.69, 9.17) is 5.73 Å². The van der Waals surface area contributed by atoms with E-state index in [0.717, 1.165) is 5.75 Å². The quantitative estimate of drug-likeness (QED) is 0.552. The lowest BCUT2D eigenvalue weighted by Gasteiger charge is -2.30. The van der Waals surface area contributed by atoms with Crippen LogP contribution in [0.3, 0.4) is 0 Å². The Hall–Kier alpha value is -2.58. The number of carbonyl (C=O) groups is 1. The molecule has 0 unspecified atom stereocenters. The molecule has 1 aromatic heterocycles. The van der Waals surface area contributed by atoms with Crippen molar-refractivity contribution in [3.63, 3.8) is 0 Å². The Balaban J connectivity index is 0.00000240. The fraction of sp³-hybridized carbons (Fsp3) is 0.200. The summed E-state index contributed by atoms with van der Waals surface area (Å²) in [6.07, 6.45) is 0.639. The van der Waals surface area contributed by atoms with Gasteiger partial charge in [-0.1, -0.05) is 11.8 Å². The number of thioether (sulfide) groups is 1. The van der Waals surface area contributed by atoms with E-state index in [1.54, 1.807) is 18.2 Å². The van der Waals surface area contributed by atoms with Crippen molar-refractivity contribution in [2.45, 2.75) is 18.9 Å². The van der Waals surface area contributed by atoms with Crippen LogP contribution in [-0.4, -0.2) is 21.8 Å². The molecule has 9 heteroatoms. The Morgan fingerprint density at radius 2 is 2.03 bits per heavy atom. The highest BCUT2D eigenvalue weighted by Crippen LogP contribution is 2.37. The van der Waals surface area contributed by atoms with Gasteiger partial charge in [0.1, 0.15) is 17.3 Å². The number of carbonyl (C=O) groups excluding carboxylic acids is 1. The normalized spacial score (nSPS) is 18.8. The molecule has 0 bridgehead atoms. The van der Waals surface area contributed by atoms with Gasteiger partial charge in [-0.3, -0.25) is 9.79 Å². The first kappa shape index (κ1) is 21.1. The smallest absolute Gasteiger partial charge is 0.272 e. The van der Waals surface area contributed by atoms with Crippen molar-refractivity contribution in [2.75, 3.05) is 11.1 Å². The topological polar surface area (TPSA) is 83.3 Å². The number of nitrogens with zero attached hydrogens (tertiary/aromatic N) is 1. The molecule has 0 fully saturated rings. The predicted octanol–water partition coefficient (Wildman–Crippen LogP) is 4.79. The van der Waals surface area contributed by atoms with Crippen molar-refractivity contribution in [3.05, 3.63) is 65.4 Å². The molecule has 0 radical (unpaired) electrons. The number of aromatic nitrogens is 1. The van der Waals surface area contributed by atoms with Crippen LogP contribution in [0, 0.1) is 11.6 Å². The highest BCUT2D eigenvalue weighted by Gasteiger charge is 2.32. The molecule has 0 saturated heterocycles. The van der Waals surface area contributed by atoms with Crippen molar-refractivity contribution in [1.82, 2.24) is 4.98 Å². The fourth-order valence-corrected chi connectivity index (χ4v) is 4.30. The molecule has 29 heavy (non-hydrogen) atoms. The number of hydrogen-bond donors (Lipinski definition) is 3. The number of aromatic amines is 1. The molecule has 5 nitrogen and oxygen atoms in total. The number of amidine groups is 1. The summed E-state index contributed by atoms with van der Waals surface area (Å²) in [5, 5.41) is 3.78. The Morgan fingerprint density at radius 3 is 2.79 bits per heavy atom. The number of aliphatic imine (C=N–C) groups is 1. The number of rotatable bonds is 3. The van der Waals surface area contributed by atoms with Crippen LogP contribution in [0.1, 0.15) is 29.4 Å². The van der Waals surface area contributed by atoms with Gasteiger partial charge in [0, 0.05) is 27.9 Å². The Kier molecular flexibility index (Phi) is 5.86. The lowest BCUT2D eigenvalue weighted by Crippen LogP contribution is -2.29. The van der Waals surface area contributed by atoms with Gasteiger partial charge >= 0.3 is 0 Å². The summed E-state index contributed by atoms with van der Waals surface area (Å²) in [5.41, 5.74) is 6.82. The molecule has 1 aliphatic rings. The third kappa shape index (κ3) is 4.23. The second-order valence-corrected chi connectivity index (χ2v) is 8.00. The van der Waals surface area contributed by atoms with Crippen molar-refractivity contribution in [3.8, 4) is 0 Å². The van der Waals surface area contributed by atoms with E-state index in [1.807, 2.05) is 6.92 Å². The van der Waals surface area contributed by atoms with Crippen LogP contribution in [0.15, 0.2) is 47.5 Å². The molecule has 2 aromatic carbocycles. The van der Waals surface area contributed by atoms with Crippen LogP contribution < -0.4 is 11.1 Å². The summed E-state index contributed by atoms with van der Waals surface area (Å²) in [7, 11) is 0. The van der Waals surface area contributed by atoms with Crippen LogP contribution in [0.4, 0.5) is 14.5 Å². The second kappa shape index (κ2) is 8.04. The van der Waals surface area contributed by atoms with E-state index in [-0.39, 0.29) is 23.9 Å². The average molecular weight is 437 g/mol. The van der Waals surface area contributed by atoms with Crippen LogP contribution in [0.5, 0.6) is 0 Å². The summed E-state index contributed by atoms with van der Waals surface area (Å²) < 4.78 is 27.8. The standard InChI is InChI=1S/C20H18F2N4OS.ClH/c1-20(6-7-28-19(23)26-20)14-10-13(3-4-15(14)22)24-18(27)17-9-11-8-12(21)2-5-16(11)25-17;/h2-5,8-10,25H,6-7H2,1H3,(H2,23,26)(H,24,27);1H/t20-;/m0./s1. The molecule has 3 aromatic rings. The maximum absolute atomic E-state index is 14.5. The van der Waals surface area contributed by atoms with Crippen molar-refractivity contribution < 1.29 is 13.6 Å². The summed E-state index contributed by atoms with van der Waals surface area (Å²) in [5.74, 6) is -0.431. The largest absolute Gasteiger partial charge is 0.379 e. The first-order valence-electron chi connectivity index (χ1n) is 8.72. The molecule has 4 rings (SSSR count). The fourth-order valence-electron chi connectivity index (χ4n) is 3.32. The van der Waals surface area contributed by atoms with Crippen LogP contribution in [0.25, 0.3) is 10.9 Å². The molecule has 2 heterocycles. The first-order chi connectivity index (χ1) is 13.3. The SMILES string of the molecule is C[C@@]1(c2cc(NC(=O)c3cc4cc(F)ccc4[nH]3)ccc2F)CCSC(N)=N1.Cl. The van der Waals surface area contributed by atoms with E-state index in [2.05, 4.69) is 15.3 Å². The Bertz CT molecular complexity index is 1120. The summed E-state index contributed by atoms with van der Waals surface area (Å²) in [6, 6.07) is 10.2. The van der Waals surface area contributed by atoms with Gasteiger partial charge in [0.15, 0.2) is 5.17 Å². The van der Waals surface area contributed by atoms with E-state index in [0.29, 0.717) is 33.7 Å². The number of hydrogen-bond acceptors (Lipinski definition) is 4. The number of halogens is 3. The van der Waals surface area contributed by atoms with Gasteiger partial charge < -0.3 is 16.0 Å². The molecule has 1 atom stereocenters. The number of amides is 1. The number of nitrogens with one attached hydrogen (secondary N) is 2. The Morgan fingerprint density at radius 1 is 1.24 bits per heavy atom. The van der Waals surface area contributed by atoms with E-state index in [9.17, 15) is 13.6 Å². The van der Waals surface area contributed by atoms with E-state index >= 15 is 0 Å². The third-order valence-corrected chi connectivity index (χ3v) is 5.62. The first-order valence-corrected chi connectivity index (χ1v) is 9.70. The van der Waals surface area contributed by atoms with Gasteiger partial charge in [0.25, 0.3) is 5.91 Å². The zero-order valence-electron chi connectivity index (χ0n) is 15.5. The molecule has 0 aliphatic carbocycles. The monoisotopic (exact) mass is 436 g/mol. The number of H-pyrrole nitrogens is 1. The summed E-state index contributed by atoms with van der Waals surface area (Å²) in [4.78, 5) is 20.0. The average Bonchev–Trinajstić information content (AvgIpc) is 3.06. The molecule has 1 aliphatic heterocycles. The lowest BCUT2D eigenvalue weighted by atomic mass is 9.89. The van der Waals surface area contributed by atoms with Gasteiger partial charge in [0.05, 0.1) is 5.54 Å². The van der Waals surface area contributed by atoms with Gasteiger partial charge in [-0.25, -0.2) is 8.78 Å². The molecule has 4 N–H and O–H groups in total. The zero-order valence-corrected chi connectivity index (χ0v) is 17.1. The van der Waals surface area contributed by atoms with Crippen molar-refractivity contribution >= 4 is 51.8 Å². The number of benzene rings is 2. The number of anilines is 1. The van der Waals surface area contributed by atoms with Gasteiger partial charge in [0.2, 0.25) is 0 Å². The summed E-state index contributed by atoms with van der Waals surface area (Å²) >= 11 is 1.44. The lowest BCUT2D eigenvalue weighted by molar-refractivity contribution is 0.102. The van der Waals surface area contributed by atoms with Gasteiger partial charge in [-0.2, -0.15) is 0 Å². The minimum Gasteiger partial charge on any atom is -0.379 e. The minimum absolute atomic E-state index is 0. The second-order valence-electron chi connectivity index (χ2n) is 6.89. The van der Waals surface area contributed by atoms with E-state index in [1.165, 1.54) is 36.0 Å². The van der Waals surface area contributed by atoms with Crippen LogP contribution >= 0.6 is 24.2 Å². The highest BCUT2D eigenvalue weighted by atomic mass is 35.5. The minimum atomic E-state index is -0.779. The molecular weight excluding hydrogens is 418 g/mol. The third-order valence-electron chi connectivity index (χ3n) is 4.83.